The molecule has 2 aliphatic rings. The fourth-order valence-electron chi connectivity index (χ4n) is 4.75. The number of aromatic amines is 1. The first-order valence-corrected chi connectivity index (χ1v) is 12.3. The second kappa shape index (κ2) is 11.4. The Morgan fingerprint density at radius 2 is 1.69 bits per heavy atom. The highest BCUT2D eigenvalue weighted by atomic mass is 19.4. The highest BCUT2D eigenvalue weighted by molar-refractivity contribution is 5.82. The van der Waals surface area contributed by atoms with Gasteiger partial charge >= 0.3 is 12.4 Å². The Kier molecular flexibility index (Phi) is 8.32. The maximum atomic E-state index is 13.3. The molecule has 10 nitrogen and oxygen atoms in total. The molecular formula is C23H27F6N7O3. The van der Waals surface area contributed by atoms with Crippen LogP contribution in [-0.4, -0.2) is 75.4 Å². The molecular weight excluding hydrogens is 536 g/mol. The highest BCUT2D eigenvalue weighted by Crippen LogP contribution is 2.32. The van der Waals surface area contributed by atoms with Gasteiger partial charge in [-0.1, -0.05) is 0 Å². The molecule has 214 valence electrons. The maximum absolute atomic E-state index is 13.3. The number of nitrogens with one attached hydrogen (secondary N) is 2. The Bertz CT molecular complexity index is 1200. The molecule has 1 amide bonds. The summed E-state index contributed by atoms with van der Waals surface area (Å²) in [4.78, 5) is 35.9. The molecule has 1 unspecified atom stereocenters. The average Bonchev–Trinajstić information content (AvgIpc) is 2.87. The molecule has 0 saturated carbocycles. The average molecular weight is 564 g/mol. The van der Waals surface area contributed by atoms with Gasteiger partial charge in [0.2, 0.25) is 5.95 Å². The van der Waals surface area contributed by atoms with Crippen LogP contribution in [0, 0.1) is 0 Å². The molecule has 2 aromatic rings. The van der Waals surface area contributed by atoms with Crippen molar-refractivity contribution in [2.24, 2.45) is 0 Å². The third kappa shape index (κ3) is 6.78. The minimum Gasteiger partial charge on any atom is -0.378 e. The van der Waals surface area contributed by atoms with E-state index in [1.54, 1.807) is 21.8 Å². The topological polar surface area (TPSA) is 116 Å². The molecule has 2 atom stereocenters. The zero-order valence-electron chi connectivity index (χ0n) is 20.8. The summed E-state index contributed by atoms with van der Waals surface area (Å²) in [5.74, 6) is -0.0233. The van der Waals surface area contributed by atoms with E-state index in [4.69, 9.17) is 4.74 Å². The zero-order chi connectivity index (χ0) is 28.4. The fraction of sp³-hybridized carbons (Fsp3) is 0.609. The van der Waals surface area contributed by atoms with Gasteiger partial charge in [0.25, 0.3) is 11.5 Å². The molecule has 0 spiro atoms. The van der Waals surface area contributed by atoms with E-state index in [1.807, 2.05) is 0 Å². The van der Waals surface area contributed by atoms with E-state index in [1.165, 1.54) is 0 Å². The van der Waals surface area contributed by atoms with Gasteiger partial charge in [-0.15, -0.1) is 0 Å². The quantitative estimate of drug-likeness (QED) is 0.494. The molecule has 0 radical (unpaired) electrons. The van der Waals surface area contributed by atoms with Gasteiger partial charge in [0.05, 0.1) is 24.1 Å². The van der Waals surface area contributed by atoms with Crippen LogP contribution in [0.15, 0.2) is 23.4 Å². The van der Waals surface area contributed by atoms with E-state index in [-0.39, 0.29) is 24.5 Å². The van der Waals surface area contributed by atoms with E-state index in [2.05, 4.69) is 20.4 Å². The number of aromatic nitrogens is 4. The van der Waals surface area contributed by atoms with E-state index >= 15 is 0 Å². The molecule has 16 heteroatoms. The molecule has 4 heterocycles. The molecule has 2 saturated heterocycles. The summed E-state index contributed by atoms with van der Waals surface area (Å²) in [5.41, 5.74) is -4.17. The Morgan fingerprint density at radius 3 is 2.31 bits per heavy atom. The predicted molar refractivity (Wildman–Crippen MR) is 126 cm³/mol. The Labute approximate surface area is 218 Å². The van der Waals surface area contributed by atoms with Gasteiger partial charge in [-0.2, -0.15) is 31.4 Å². The smallest absolute Gasteiger partial charge is 0.378 e. The molecule has 2 aliphatic heterocycles. The number of amides is 1. The minimum absolute atomic E-state index is 0.0853. The van der Waals surface area contributed by atoms with Crippen molar-refractivity contribution >= 4 is 17.5 Å². The van der Waals surface area contributed by atoms with Gasteiger partial charge in [0, 0.05) is 44.1 Å². The monoisotopic (exact) mass is 563 g/mol. The van der Waals surface area contributed by atoms with E-state index < -0.39 is 46.9 Å². The number of alkyl halides is 6. The number of nitrogens with zero attached hydrogens (tertiary/aromatic N) is 5. The van der Waals surface area contributed by atoms with Gasteiger partial charge in [-0.3, -0.25) is 9.59 Å². The van der Waals surface area contributed by atoms with Crippen LogP contribution in [0.5, 0.6) is 0 Å². The first-order chi connectivity index (χ1) is 18.3. The number of carbonyl (C=O) groups is 1. The summed E-state index contributed by atoms with van der Waals surface area (Å²) in [6, 6.07) is -0.758. The highest BCUT2D eigenvalue weighted by Gasteiger charge is 2.39. The van der Waals surface area contributed by atoms with E-state index in [0.717, 1.165) is 18.6 Å². The van der Waals surface area contributed by atoms with Crippen molar-refractivity contribution < 1.29 is 35.9 Å². The van der Waals surface area contributed by atoms with Crippen molar-refractivity contribution in [2.75, 3.05) is 36.5 Å². The van der Waals surface area contributed by atoms with Crippen LogP contribution in [0.1, 0.15) is 43.7 Å². The number of carbonyl (C=O) groups excluding carboxylic acids is 1. The summed E-state index contributed by atoms with van der Waals surface area (Å²) in [6.07, 6.45) is -5.53. The minimum atomic E-state index is -4.88. The number of likely N-dealkylation sites (tertiary alicyclic amines) is 1. The van der Waals surface area contributed by atoms with Crippen LogP contribution in [-0.2, 0) is 21.9 Å². The zero-order valence-corrected chi connectivity index (χ0v) is 20.8. The number of anilines is 2. The normalized spacial score (nSPS) is 20.3. The van der Waals surface area contributed by atoms with Crippen LogP contribution >= 0.6 is 0 Å². The number of hydrogen-bond acceptors (Lipinski definition) is 8. The van der Waals surface area contributed by atoms with Crippen molar-refractivity contribution in [3.63, 3.8) is 0 Å². The van der Waals surface area contributed by atoms with E-state index in [9.17, 15) is 35.9 Å². The third-order valence-electron chi connectivity index (χ3n) is 6.67. The lowest BCUT2D eigenvalue weighted by atomic mass is 9.98. The van der Waals surface area contributed by atoms with Crippen molar-refractivity contribution in [2.45, 2.75) is 63.1 Å². The summed E-state index contributed by atoms with van der Waals surface area (Å²) in [5, 5.41) is 7.77. The van der Waals surface area contributed by atoms with Crippen LogP contribution in [0.25, 0.3) is 0 Å². The van der Waals surface area contributed by atoms with Crippen LogP contribution < -0.4 is 15.8 Å². The predicted octanol–water partition coefficient (Wildman–Crippen LogP) is 3.07. The van der Waals surface area contributed by atoms with Crippen molar-refractivity contribution in [1.29, 1.82) is 0 Å². The first-order valence-electron chi connectivity index (χ1n) is 12.3. The van der Waals surface area contributed by atoms with Gasteiger partial charge in [-0.25, -0.2) is 15.1 Å². The summed E-state index contributed by atoms with van der Waals surface area (Å²) >= 11 is 0. The lowest BCUT2D eigenvalue weighted by Gasteiger charge is -2.42. The molecule has 39 heavy (non-hydrogen) atoms. The summed E-state index contributed by atoms with van der Waals surface area (Å²) in [7, 11) is 0. The van der Waals surface area contributed by atoms with Crippen LogP contribution in [0.2, 0.25) is 0 Å². The van der Waals surface area contributed by atoms with Crippen LogP contribution in [0.4, 0.5) is 38.0 Å². The van der Waals surface area contributed by atoms with Crippen molar-refractivity contribution in [1.82, 2.24) is 25.1 Å². The SMILES string of the molecule is CC(CO[C@H]1CCCN(C2CCN(c3ncc(C(F)(F)F)cn3)CC2)C1=O)Nc1cn[nH]c(=O)c1C(F)(F)F. The molecule has 0 aliphatic carbocycles. The number of halogens is 6. The summed E-state index contributed by atoms with van der Waals surface area (Å²) in [6.45, 7) is 2.92. The number of rotatable bonds is 7. The van der Waals surface area contributed by atoms with Gasteiger partial charge in [-0.05, 0) is 32.6 Å². The molecule has 0 bridgehead atoms. The van der Waals surface area contributed by atoms with Crippen molar-refractivity contribution in [3.8, 4) is 0 Å². The molecule has 2 N–H and O–H groups in total. The van der Waals surface area contributed by atoms with E-state index in [0.29, 0.717) is 45.3 Å². The molecule has 0 aromatic carbocycles. The summed E-state index contributed by atoms with van der Waals surface area (Å²) < 4.78 is 83.8. The largest absolute Gasteiger partial charge is 0.423 e. The van der Waals surface area contributed by atoms with Gasteiger partial charge in [0.1, 0.15) is 11.7 Å². The van der Waals surface area contributed by atoms with Crippen LogP contribution in [0.3, 0.4) is 0 Å². The van der Waals surface area contributed by atoms with Gasteiger partial charge in [0.15, 0.2) is 0 Å². The van der Waals surface area contributed by atoms with Crippen molar-refractivity contribution in [3.05, 3.63) is 40.1 Å². The lowest BCUT2D eigenvalue weighted by molar-refractivity contribution is -0.151. The van der Waals surface area contributed by atoms with Gasteiger partial charge < -0.3 is 19.9 Å². The number of H-pyrrole nitrogens is 1. The standard InChI is InChI=1S/C23H27F6N7O3/c1-13(33-16-11-32-34-19(37)18(16)23(27,28)29)12-39-17-3-2-6-36(20(17)38)15-4-7-35(8-5-15)21-30-9-14(10-31-21)22(24,25)26/h9-11,13,15,17H,2-8,12H2,1H3,(H2,33,34,37)/t13?,17-/m0/s1. The molecule has 4 rings (SSSR count). The third-order valence-corrected chi connectivity index (χ3v) is 6.67. The fourth-order valence-corrected chi connectivity index (χ4v) is 4.75. The second-order valence-electron chi connectivity index (χ2n) is 9.51. The first kappa shape index (κ1) is 28.6. The number of piperidine rings is 2. The Balaban J connectivity index is 1.30. The Morgan fingerprint density at radius 1 is 1.03 bits per heavy atom. The number of hydrogen-bond donors (Lipinski definition) is 2. The molecule has 2 fully saturated rings. The maximum Gasteiger partial charge on any atom is 0.423 e. The second-order valence-corrected chi connectivity index (χ2v) is 9.51. The Hall–Kier alpha value is -3.43. The number of ether oxygens (including phenoxy) is 1. The molecule has 2 aromatic heterocycles. The lowest BCUT2D eigenvalue weighted by Crippen LogP contribution is -2.54.